The topological polar surface area (TPSA) is 69.7 Å². The number of hydrogen-bond donors (Lipinski definition) is 1. The molecule has 1 saturated carbocycles. The van der Waals surface area contributed by atoms with Crippen LogP contribution in [0.3, 0.4) is 0 Å². The summed E-state index contributed by atoms with van der Waals surface area (Å²) in [5, 5.41) is 3.10. The summed E-state index contributed by atoms with van der Waals surface area (Å²) in [5.74, 6) is -0.424. The van der Waals surface area contributed by atoms with Crippen LogP contribution in [0.15, 0.2) is 30.3 Å². The Kier molecular flexibility index (Phi) is 6.28. The Hall–Kier alpha value is -2.21. The number of amides is 3. The fourth-order valence-corrected chi connectivity index (χ4v) is 5.04. The zero-order valence-electron chi connectivity index (χ0n) is 17.0. The molecule has 156 valence electrons. The largest absolute Gasteiger partial charge is 0.353 e. The molecule has 2 atom stereocenters. The van der Waals surface area contributed by atoms with Crippen molar-refractivity contribution in [3.05, 3.63) is 35.9 Å². The van der Waals surface area contributed by atoms with Gasteiger partial charge in [0, 0.05) is 38.6 Å². The number of nitrogens with one attached hydrogen (secondary N) is 1. The highest BCUT2D eigenvalue weighted by atomic mass is 16.2. The summed E-state index contributed by atoms with van der Waals surface area (Å²) < 4.78 is 0. The second kappa shape index (κ2) is 9.08. The van der Waals surface area contributed by atoms with Crippen LogP contribution in [0.1, 0.15) is 50.5 Å². The highest BCUT2D eigenvalue weighted by Crippen LogP contribution is 2.37. The van der Waals surface area contributed by atoms with Crippen LogP contribution < -0.4 is 5.32 Å². The van der Waals surface area contributed by atoms with Crippen LogP contribution in [0.5, 0.6) is 0 Å². The van der Waals surface area contributed by atoms with E-state index in [0.29, 0.717) is 0 Å². The Labute approximate surface area is 172 Å². The lowest BCUT2D eigenvalue weighted by molar-refractivity contribution is -0.140. The predicted molar refractivity (Wildman–Crippen MR) is 110 cm³/mol. The van der Waals surface area contributed by atoms with Crippen molar-refractivity contribution < 1.29 is 14.4 Å². The molecule has 0 spiro atoms. The van der Waals surface area contributed by atoms with Crippen LogP contribution in [0.2, 0.25) is 0 Å². The summed E-state index contributed by atoms with van der Waals surface area (Å²) in [6.07, 6.45) is 5.77. The van der Waals surface area contributed by atoms with Gasteiger partial charge in [0.15, 0.2) is 0 Å². The first kappa shape index (κ1) is 20.1. The summed E-state index contributed by atoms with van der Waals surface area (Å²) in [4.78, 5) is 41.2. The van der Waals surface area contributed by atoms with Gasteiger partial charge in [0.05, 0.1) is 11.8 Å². The van der Waals surface area contributed by atoms with Gasteiger partial charge in [-0.3, -0.25) is 24.2 Å². The molecule has 6 heteroatoms. The Bertz CT molecular complexity index is 719. The van der Waals surface area contributed by atoms with Crippen molar-refractivity contribution in [2.24, 2.45) is 11.8 Å². The van der Waals surface area contributed by atoms with Crippen LogP contribution in [0, 0.1) is 11.8 Å². The van der Waals surface area contributed by atoms with Gasteiger partial charge in [-0.2, -0.15) is 0 Å². The van der Waals surface area contributed by atoms with Crippen LogP contribution >= 0.6 is 0 Å². The minimum atomic E-state index is -0.131. The Morgan fingerprint density at radius 1 is 0.931 bits per heavy atom. The van der Waals surface area contributed by atoms with Crippen molar-refractivity contribution in [3.8, 4) is 0 Å². The molecule has 4 rings (SSSR count). The van der Waals surface area contributed by atoms with E-state index in [1.165, 1.54) is 10.5 Å². The van der Waals surface area contributed by atoms with Crippen molar-refractivity contribution in [1.82, 2.24) is 15.1 Å². The SMILES string of the molecule is O=C(CCN1C(=O)[C@H]2CCCC[C@@H]2C1=O)NC1CCN(Cc2ccccc2)CC1. The van der Waals surface area contributed by atoms with Gasteiger partial charge in [0.25, 0.3) is 0 Å². The van der Waals surface area contributed by atoms with E-state index < -0.39 is 0 Å². The number of rotatable bonds is 6. The van der Waals surface area contributed by atoms with Gasteiger partial charge >= 0.3 is 0 Å². The molecule has 0 bridgehead atoms. The number of hydrogen-bond acceptors (Lipinski definition) is 4. The van der Waals surface area contributed by atoms with Gasteiger partial charge in [-0.25, -0.2) is 0 Å². The fraction of sp³-hybridized carbons (Fsp3) is 0.609. The maximum absolute atomic E-state index is 12.5. The van der Waals surface area contributed by atoms with E-state index in [2.05, 4.69) is 34.5 Å². The van der Waals surface area contributed by atoms with Crippen LogP contribution in [-0.4, -0.2) is 53.2 Å². The van der Waals surface area contributed by atoms with E-state index in [9.17, 15) is 14.4 Å². The number of nitrogens with zero attached hydrogens (tertiary/aromatic N) is 2. The highest BCUT2D eigenvalue weighted by molar-refractivity contribution is 6.05. The summed E-state index contributed by atoms with van der Waals surface area (Å²) in [6.45, 7) is 3.10. The first-order chi connectivity index (χ1) is 14.1. The third kappa shape index (κ3) is 4.69. The predicted octanol–water partition coefficient (Wildman–Crippen LogP) is 2.33. The van der Waals surface area contributed by atoms with Crippen molar-refractivity contribution in [2.45, 2.75) is 57.5 Å². The van der Waals surface area contributed by atoms with Gasteiger partial charge in [-0.15, -0.1) is 0 Å². The first-order valence-electron chi connectivity index (χ1n) is 11.0. The maximum Gasteiger partial charge on any atom is 0.233 e. The van der Waals surface area contributed by atoms with Crippen LogP contribution in [-0.2, 0) is 20.9 Å². The van der Waals surface area contributed by atoms with E-state index in [1.54, 1.807) is 0 Å². The molecule has 1 aromatic rings. The number of likely N-dealkylation sites (tertiary alicyclic amines) is 2. The van der Waals surface area contributed by atoms with Crippen molar-refractivity contribution >= 4 is 17.7 Å². The quantitative estimate of drug-likeness (QED) is 0.748. The molecule has 1 aliphatic carbocycles. The van der Waals surface area contributed by atoms with E-state index in [1.807, 2.05) is 6.07 Å². The monoisotopic (exact) mass is 397 g/mol. The minimum Gasteiger partial charge on any atom is -0.353 e. The van der Waals surface area contributed by atoms with Gasteiger partial charge in [-0.1, -0.05) is 43.2 Å². The molecule has 6 nitrogen and oxygen atoms in total. The second-order valence-corrected chi connectivity index (χ2v) is 8.68. The molecule has 1 N–H and O–H groups in total. The van der Waals surface area contributed by atoms with Gasteiger partial charge in [0.2, 0.25) is 17.7 Å². The second-order valence-electron chi connectivity index (χ2n) is 8.68. The minimum absolute atomic E-state index is 0.0537. The van der Waals surface area contributed by atoms with Crippen LogP contribution in [0.25, 0.3) is 0 Å². The molecule has 3 fully saturated rings. The van der Waals surface area contributed by atoms with Crippen molar-refractivity contribution in [2.75, 3.05) is 19.6 Å². The Balaban J connectivity index is 1.19. The number of imide groups is 1. The van der Waals surface area contributed by atoms with Gasteiger partial charge in [0.1, 0.15) is 0 Å². The first-order valence-corrected chi connectivity index (χ1v) is 11.0. The molecular weight excluding hydrogens is 366 g/mol. The van der Waals surface area contributed by atoms with Crippen molar-refractivity contribution in [3.63, 3.8) is 0 Å². The fourth-order valence-electron chi connectivity index (χ4n) is 5.04. The summed E-state index contributed by atoms with van der Waals surface area (Å²) >= 11 is 0. The highest BCUT2D eigenvalue weighted by Gasteiger charge is 2.47. The molecule has 3 amide bonds. The Morgan fingerprint density at radius 3 is 2.17 bits per heavy atom. The molecular formula is C23H31N3O3. The Morgan fingerprint density at radius 2 is 1.55 bits per heavy atom. The maximum atomic E-state index is 12.5. The molecule has 29 heavy (non-hydrogen) atoms. The average Bonchev–Trinajstić information content (AvgIpc) is 2.99. The third-order valence-corrected chi connectivity index (χ3v) is 6.70. The zero-order chi connectivity index (χ0) is 20.2. The molecule has 0 aromatic heterocycles. The lowest BCUT2D eigenvalue weighted by Crippen LogP contribution is -2.45. The van der Waals surface area contributed by atoms with E-state index in [-0.39, 0.29) is 48.6 Å². The molecule has 0 unspecified atom stereocenters. The number of benzene rings is 1. The molecule has 1 aromatic carbocycles. The standard InChI is InChI=1S/C23H31N3O3/c27-21(12-15-26-22(28)19-8-4-5-9-20(19)23(26)29)24-18-10-13-25(14-11-18)16-17-6-2-1-3-7-17/h1-3,6-7,18-20H,4-5,8-16H2,(H,24,27)/t19-,20-/m0/s1. The van der Waals surface area contributed by atoms with E-state index in [4.69, 9.17) is 0 Å². The molecule has 0 radical (unpaired) electrons. The lowest BCUT2D eigenvalue weighted by atomic mass is 9.81. The number of piperidine rings is 1. The molecule has 2 aliphatic heterocycles. The van der Waals surface area contributed by atoms with E-state index in [0.717, 1.165) is 58.2 Å². The lowest BCUT2D eigenvalue weighted by Gasteiger charge is -2.32. The zero-order valence-corrected chi connectivity index (χ0v) is 17.0. The molecule has 2 heterocycles. The molecule has 2 saturated heterocycles. The number of carbonyl (C=O) groups excluding carboxylic acids is 3. The number of fused-ring (bicyclic) bond motifs is 1. The normalized spacial score (nSPS) is 25.9. The summed E-state index contributed by atoms with van der Waals surface area (Å²) in [5.41, 5.74) is 1.32. The van der Waals surface area contributed by atoms with Crippen LogP contribution in [0.4, 0.5) is 0 Å². The average molecular weight is 398 g/mol. The third-order valence-electron chi connectivity index (χ3n) is 6.70. The smallest absolute Gasteiger partial charge is 0.233 e. The molecule has 3 aliphatic rings. The summed E-state index contributed by atoms with van der Waals surface area (Å²) in [6, 6.07) is 10.6. The van der Waals surface area contributed by atoms with Gasteiger partial charge < -0.3 is 5.32 Å². The van der Waals surface area contributed by atoms with Crippen molar-refractivity contribution in [1.29, 1.82) is 0 Å². The van der Waals surface area contributed by atoms with E-state index >= 15 is 0 Å². The number of carbonyl (C=O) groups is 3. The van der Waals surface area contributed by atoms with Gasteiger partial charge in [-0.05, 0) is 31.2 Å². The summed E-state index contributed by atoms with van der Waals surface area (Å²) in [7, 11) is 0.